The zero-order valence-corrected chi connectivity index (χ0v) is 6.80. The lowest BCUT2D eigenvalue weighted by Gasteiger charge is -1.98. The summed E-state index contributed by atoms with van der Waals surface area (Å²) in [6, 6.07) is 0. The molecule has 0 spiro atoms. The van der Waals surface area contributed by atoms with Gasteiger partial charge in [0.2, 0.25) is 0 Å². The molecule has 2 rings (SSSR count). The first-order valence-electron chi connectivity index (χ1n) is 4.23. The highest BCUT2D eigenvalue weighted by Crippen LogP contribution is 2.29. The van der Waals surface area contributed by atoms with E-state index in [4.69, 9.17) is 0 Å². The van der Waals surface area contributed by atoms with Crippen molar-refractivity contribution in [2.75, 3.05) is 0 Å². The summed E-state index contributed by atoms with van der Waals surface area (Å²) in [7, 11) is 0. The van der Waals surface area contributed by atoms with Gasteiger partial charge in [0.1, 0.15) is 0 Å². The molecule has 0 aliphatic heterocycles. The van der Waals surface area contributed by atoms with Gasteiger partial charge in [0.05, 0.1) is 0 Å². The molecule has 0 saturated carbocycles. The molecule has 2 aliphatic rings. The first-order chi connectivity index (χ1) is 5.75. The second kappa shape index (κ2) is 2.70. The van der Waals surface area contributed by atoms with E-state index in [1.807, 2.05) is 0 Å². The first kappa shape index (κ1) is 7.47. The summed E-state index contributed by atoms with van der Waals surface area (Å²) in [5, 5.41) is 0. The van der Waals surface area contributed by atoms with E-state index in [1.54, 1.807) is 12.2 Å². The Kier molecular flexibility index (Phi) is 1.68. The Morgan fingerprint density at radius 1 is 0.750 bits per heavy atom. The van der Waals surface area contributed by atoms with Gasteiger partial charge < -0.3 is 0 Å². The minimum absolute atomic E-state index is 0.199. The number of hydrogen-bond donors (Lipinski definition) is 0. The Morgan fingerprint density at radius 3 is 1.42 bits per heavy atom. The van der Waals surface area contributed by atoms with Gasteiger partial charge in [-0.15, -0.1) is 0 Å². The van der Waals surface area contributed by atoms with E-state index in [-0.39, 0.29) is 11.6 Å². The molecule has 0 aromatic heterocycles. The van der Waals surface area contributed by atoms with Crippen LogP contribution < -0.4 is 0 Å². The molecule has 0 radical (unpaired) electrons. The lowest BCUT2D eigenvalue weighted by atomic mass is 10.1. The third kappa shape index (κ3) is 1.24. The Labute approximate surface area is 71.0 Å². The number of carbonyl (C=O) groups excluding carboxylic acids is 2. The predicted octanol–water partition coefficient (Wildman–Crippen LogP) is 1.56. The topological polar surface area (TPSA) is 34.1 Å². The quantitative estimate of drug-likeness (QED) is 0.586. The van der Waals surface area contributed by atoms with Crippen molar-refractivity contribution in [2.24, 2.45) is 0 Å². The van der Waals surface area contributed by atoms with Crippen LogP contribution in [0, 0.1) is 0 Å². The second-order valence-electron chi connectivity index (χ2n) is 3.27. The number of rotatable bonds is 1. The largest absolute Gasteiger partial charge is 0.295 e. The Morgan fingerprint density at radius 2 is 1.17 bits per heavy atom. The zero-order chi connectivity index (χ0) is 8.55. The summed E-state index contributed by atoms with van der Waals surface area (Å²) in [6.45, 7) is 0. The maximum Gasteiger partial charge on any atom is 0.156 e. The second-order valence-corrected chi connectivity index (χ2v) is 3.27. The van der Waals surface area contributed by atoms with Crippen LogP contribution in [0.25, 0.3) is 0 Å². The van der Waals surface area contributed by atoms with E-state index in [0.717, 1.165) is 24.0 Å². The third-order valence-electron chi connectivity index (χ3n) is 2.36. The molecule has 0 N–H and O–H groups in total. The molecule has 2 aliphatic carbocycles. The molecule has 0 heterocycles. The van der Waals surface area contributed by atoms with Crippen molar-refractivity contribution in [3.8, 4) is 0 Å². The molecular formula is C10H10O2. The van der Waals surface area contributed by atoms with Gasteiger partial charge in [-0.1, -0.05) is 0 Å². The molecule has 0 saturated heterocycles. The molecule has 62 valence electrons. The van der Waals surface area contributed by atoms with E-state index in [0.29, 0.717) is 12.8 Å². The average Bonchev–Trinajstić information content (AvgIpc) is 2.58. The van der Waals surface area contributed by atoms with Crippen molar-refractivity contribution in [1.82, 2.24) is 0 Å². The highest BCUT2D eigenvalue weighted by Gasteiger charge is 2.19. The van der Waals surface area contributed by atoms with E-state index in [2.05, 4.69) is 0 Å². The van der Waals surface area contributed by atoms with Crippen molar-refractivity contribution >= 4 is 11.6 Å². The number of allylic oxidation sites excluding steroid dienone is 4. The van der Waals surface area contributed by atoms with Crippen LogP contribution in [0.1, 0.15) is 25.7 Å². The molecule has 0 amide bonds. The summed E-state index contributed by atoms with van der Waals surface area (Å²) >= 11 is 0. The van der Waals surface area contributed by atoms with Crippen molar-refractivity contribution < 1.29 is 9.59 Å². The average molecular weight is 162 g/mol. The van der Waals surface area contributed by atoms with E-state index in [9.17, 15) is 9.59 Å². The monoisotopic (exact) mass is 162 g/mol. The van der Waals surface area contributed by atoms with Gasteiger partial charge in [0.15, 0.2) is 11.6 Å². The van der Waals surface area contributed by atoms with Gasteiger partial charge in [0.25, 0.3) is 0 Å². The fourth-order valence-electron chi connectivity index (χ4n) is 1.70. The molecule has 0 aromatic carbocycles. The molecule has 2 nitrogen and oxygen atoms in total. The summed E-state index contributed by atoms with van der Waals surface area (Å²) in [5.74, 6) is 0.399. The molecule has 2 heteroatoms. The zero-order valence-electron chi connectivity index (χ0n) is 6.80. The fraction of sp³-hybridized carbons (Fsp3) is 0.400. The van der Waals surface area contributed by atoms with Crippen molar-refractivity contribution in [3.63, 3.8) is 0 Å². The Bertz CT molecular complexity index is 276. The SMILES string of the molecule is O=C1C=C(C2=CC(=O)CC2)CC1. The summed E-state index contributed by atoms with van der Waals surface area (Å²) in [5.41, 5.74) is 2.18. The van der Waals surface area contributed by atoms with Crippen LogP contribution in [0.5, 0.6) is 0 Å². The maximum atomic E-state index is 10.9. The normalized spacial score (nSPS) is 23.0. The van der Waals surface area contributed by atoms with Gasteiger partial charge in [0, 0.05) is 12.8 Å². The van der Waals surface area contributed by atoms with Crippen molar-refractivity contribution in [2.45, 2.75) is 25.7 Å². The fourth-order valence-corrected chi connectivity index (χ4v) is 1.70. The van der Waals surface area contributed by atoms with Gasteiger partial charge in [-0.3, -0.25) is 9.59 Å². The van der Waals surface area contributed by atoms with Gasteiger partial charge in [-0.25, -0.2) is 0 Å². The predicted molar refractivity (Wildman–Crippen MR) is 44.6 cm³/mol. The lowest BCUT2D eigenvalue weighted by Crippen LogP contribution is -1.80. The Balaban J connectivity index is 2.21. The number of carbonyl (C=O) groups is 2. The van der Waals surface area contributed by atoms with Gasteiger partial charge >= 0.3 is 0 Å². The van der Waals surface area contributed by atoms with Crippen LogP contribution >= 0.6 is 0 Å². The van der Waals surface area contributed by atoms with E-state index >= 15 is 0 Å². The maximum absolute atomic E-state index is 10.9. The van der Waals surface area contributed by atoms with E-state index in [1.165, 1.54) is 0 Å². The smallest absolute Gasteiger partial charge is 0.156 e. The van der Waals surface area contributed by atoms with Gasteiger partial charge in [-0.2, -0.15) is 0 Å². The standard InChI is InChI=1S/C10H10O2/c11-9-3-1-7(5-9)8-2-4-10(12)6-8/h5-6H,1-4H2. The Hall–Kier alpha value is -1.18. The number of hydrogen-bond acceptors (Lipinski definition) is 2. The first-order valence-corrected chi connectivity index (χ1v) is 4.23. The van der Waals surface area contributed by atoms with Crippen LogP contribution in [0.15, 0.2) is 23.3 Å². The highest BCUT2D eigenvalue weighted by atomic mass is 16.1. The van der Waals surface area contributed by atoms with Crippen molar-refractivity contribution in [1.29, 1.82) is 0 Å². The number of ketones is 2. The van der Waals surface area contributed by atoms with Gasteiger partial charge in [-0.05, 0) is 36.1 Å². The molecule has 0 bridgehead atoms. The van der Waals surface area contributed by atoms with Crippen LogP contribution in [0.2, 0.25) is 0 Å². The minimum atomic E-state index is 0.199. The van der Waals surface area contributed by atoms with Crippen LogP contribution in [0.4, 0.5) is 0 Å². The van der Waals surface area contributed by atoms with Crippen LogP contribution in [-0.4, -0.2) is 11.6 Å². The molecule has 0 unspecified atom stereocenters. The third-order valence-corrected chi connectivity index (χ3v) is 2.36. The molecule has 0 atom stereocenters. The highest BCUT2D eigenvalue weighted by molar-refractivity contribution is 5.97. The van der Waals surface area contributed by atoms with Crippen molar-refractivity contribution in [3.05, 3.63) is 23.3 Å². The molecule has 0 fully saturated rings. The summed E-state index contributed by atoms with van der Waals surface area (Å²) in [6.07, 6.45) is 6.28. The lowest BCUT2D eigenvalue weighted by molar-refractivity contribution is -0.114. The summed E-state index contributed by atoms with van der Waals surface area (Å²) < 4.78 is 0. The van der Waals surface area contributed by atoms with E-state index < -0.39 is 0 Å². The molecular weight excluding hydrogens is 152 g/mol. The molecule has 0 aromatic rings. The van der Waals surface area contributed by atoms with Crippen LogP contribution in [0.3, 0.4) is 0 Å². The molecule has 12 heavy (non-hydrogen) atoms. The minimum Gasteiger partial charge on any atom is -0.295 e. The summed E-state index contributed by atoms with van der Waals surface area (Å²) in [4.78, 5) is 21.8. The van der Waals surface area contributed by atoms with Crippen LogP contribution in [-0.2, 0) is 9.59 Å².